The number of aliphatic hydroxyl groups is 1. The molecule has 130 valence electrons. The van der Waals surface area contributed by atoms with E-state index < -0.39 is 0 Å². The highest BCUT2D eigenvalue weighted by molar-refractivity contribution is 5.82. The molecule has 9 atom stereocenters. The van der Waals surface area contributed by atoms with Gasteiger partial charge >= 0.3 is 0 Å². The number of hydrogen-bond acceptors (Lipinski definition) is 2. The van der Waals surface area contributed by atoms with Gasteiger partial charge in [-0.2, -0.15) is 0 Å². The van der Waals surface area contributed by atoms with Crippen molar-refractivity contribution in [2.75, 3.05) is 0 Å². The third kappa shape index (κ3) is 2.06. The average Bonchev–Trinajstić information content (AvgIpc) is 2.78. The summed E-state index contributed by atoms with van der Waals surface area (Å²) in [4.78, 5) is 12.3. The summed E-state index contributed by atoms with van der Waals surface area (Å²) >= 11 is 0. The topological polar surface area (TPSA) is 37.3 Å². The van der Waals surface area contributed by atoms with Crippen molar-refractivity contribution in [1.82, 2.24) is 0 Å². The predicted octanol–water partition coefficient (Wildman–Crippen LogP) is 4.45. The van der Waals surface area contributed by atoms with E-state index in [1.807, 2.05) is 0 Å². The van der Waals surface area contributed by atoms with E-state index in [0.29, 0.717) is 29.0 Å². The molecule has 4 aliphatic carbocycles. The highest BCUT2D eigenvalue weighted by atomic mass is 16.3. The van der Waals surface area contributed by atoms with Crippen LogP contribution in [0.25, 0.3) is 0 Å². The summed E-state index contributed by atoms with van der Waals surface area (Å²) in [5, 5.41) is 10.6. The molecule has 4 saturated carbocycles. The molecule has 23 heavy (non-hydrogen) atoms. The smallest absolute Gasteiger partial charge is 0.136 e. The Morgan fingerprint density at radius 3 is 2.48 bits per heavy atom. The summed E-state index contributed by atoms with van der Waals surface area (Å²) in [7, 11) is 0. The van der Waals surface area contributed by atoms with Gasteiger partial charge in [-0.15, -0.1) is 0 Å². The van der Waals surface area contributed by atoms with Gasteiger partial charge in [0.1, 0.15) is 5.78 Å². The van der Waals surface area contributed by atoms with Crippen molar-refractivity contribution in [2.24, 2.45) is 46.3 Å². The number of ketones is 1. The van der Waals surface area contributed by atoms with E-state index >= 15 is 0 Å². The molecule has 4 aliphatic rings. The quantitative estimate of drug-likeness (QED) is 0.716. The number of rotatable bonds is 0. The van der Waals surface area contributed by atoms with Crippen molar-refractivity contribution in [3.63, 3.8) is 0 Å². The predicted molar refractivity (Wildman–Crippen MR) is 91.8 cm³/mol. The third-order valence-corrected chi connectivity index (χ3v) is 9.12. The molecule has 0 aromatic rings. The molecule has 0 radical (unpaired) electrons. The largest absolute Gasteiger partial charge is 0.393 e. The Balaban J connectivity index is 1.69. The van der Waals surface area contributed by atoms with Gasteiger partial charge in [-0.1, -0.05) is 27.7 Å². The van der Waals surface area contributed by atoms with Crippen LogP contribution in [0.3, 0.4) is 0 Å². The van der Waals surface area contributed by atoms with Gasteiger partial charge in [-0.05, 0) is 78.9 Å². The maximum atomic E-state index is 12.3. The van der Waals surface area contributed by atoms with Crippen LogP contribution in [0.5, 0.6) is 0 Å². The van der Waals surface area contributed by atoms with Gasteiger partial charge < -0.3 is 5.11 Å². The van der Waals surface area contributed by atoms with E-state index in [0.717, 1.165) is 31.1 Å². The van der Waals surface area contributed by atoms with Gasteiger partial charge in [0.2, 0.25) is 0 Å². The van der Waals surface area contributed by atoms with Gasteiger partial charge in [0, 0.05) is 12.3 Å². The maximum Gasteiger partial charge on any atom is 0.136 e. The average molecular weight is 319 g/mol. The number of hydrogen-bond donors (Lipinski definition) is 1. The van der Waals surface area contributed by atoms with E-state index in [4.69, 9.17) is 0 Å². The zero-order valence-electron chi connectivity index (χ0n) is 15.3. The number of carbonyl (C=O) groups excluding carboxylic acids is 1. The van der Waals surface area contributed by atoms with Crippen LogP contribution in [0.2, 0.25) is 0 Å². The lowest BCUT2D eigenvalue weighted by molar-refractivity contribution is -0.159. The van der Waals surface area contributed by atoms with Crippen molar-refractivity contribution >= 4 is 5.78 Å². The van der Waals surface area contributed by atoms with Crippen LogP contribution in [0, 0.1) is 46.3 Å². The lowest BCUT2D eigenvalue weighted by Crippen LogP contribution is -2.57. The van der Waals surface area contributed by atoms with E-state index in [9.17, 15) is 9.90 Å². The van der Waals surface area contributed by atoms with Crippen molar-refractivity contribution < 1.29 is 9.90 Å². The molecule has 2 nitrogen and oxygen atoms in total. The van der Waals surface area contributed by atoms with Gasteiger partial charge in [-0.25, -0.2) is 0 Å². The summed E-state index contributed by atoms with van der Waals surface area (Å²) in [6.45, 7) is 9.47. The fourth-order valence-corrected chi connectivity index (χ4v) is 7.76. The Bertz CT molecular complexity index is 514. The zero-order chi connectivity index (χ0) is 16.6. The first-order valence-corrected chi connectivity index (χ1v) is 9.98. The van der Waals surface area contributed by atoms with Crippen LogP contribution < -0.4 is 0 Å². The van der Waals surface area contributed by atoms with E-state index in [-0.39, 0.29) is 17.4 Å². The van der Waals surface area contributed by atoms with Crippen molar-refractivity contribution in [1.29, 1.82) is 0 Å². The standard InChI is InChI=1S/C21H34O2/c1-12-9-14-10-17(22)13(2)11-21(14,4)16-7-8-20(3)15(19(12)16)5-6-18(20)23/h12-16,18-19,23H,5-11H2,1-4H3/t12-,13+,14-,15-,16-,18-,19-,20-,21-/m0/s1. The lowest BCUT2D eigenvalue weighted by atomic mass is 9.42. The molecule has 0 heterocycles. The first-order chi connectivity index (χ1) is 10.8. The SMILES string of the molecule is C[C@@H]1C[C@@]2(C)[C@H](CC1=O)C[C@H](C)[C@@H]1[C@@H]2CC[C@]2(C)[C@@H](O)CC[C@@H]12. The maximum absolute atomic E-state index is 12.3. The second-order valence-corrected chi connectivity index (χ2v) is 10.1. The second-order valence-electron chi connectivity index (χ2n) is 10.1. The Labute approximate surface area is 141 Å². The van der Waals surface area contributed by atoms with Crippen molar-refractivity contribution in [3.05, 3.63) is 0 Å². The molecular formula is C21H34O2. The monoisotopic (exact) mass is 318 g/mol. The fourth-order valence-electron chi connectivity index (χ4n) is 7.76. The number of aliphatic hydroxyl groups excluding tert-OH is 1. The summed E-state index contributed by atoms with van der Waals surface area (Å²) < 4.78 is 0. The van der Waals surface area contributed by atoms with Crippen LogP contribution in [0.1, 0.15) is 72.6 Å². The molecule has 4 rings (SSSR count). The number of Topliss-reactive ketones (excluding diaryl/α,β-unsaturated/α-hetero) is 1. The normalized spacial score (nSPS) is 59.2. The Kier molecular flexibility index (Phi) is 3.55. The molecule has 2 heteroatoms. The molecule has 0 aromatic heterocycles. The van der Waals surface area contributed by atoms with Crippen LogP contribution in [-0.2, 0) is 4.79 Å². The Morgan fingerprint density at radius 1 is 1.04 bits per heavy atom. The van der Waals surface area contributed by atoms with E-state index in [1.165, 1.54) is 25.7 Å². The molecule has 0 aromatic carbocycles. The summed E-state index contributed by atoms with van der Waals surface area (Å²) in [5.41, 5.74) is 0.522. The third-order valence-electron chi connectivity index (χ3n) is 9.12. The van der Waals surface area contributed by atoms with Crippen LogP contribution >= 0.6 is 0 Å². The molecule has 4 fully saturated rings. The highest BCUT2D eigenvalue weighted by Crippen LogP contribution is 2.67. The van der Waals surface area contributed by atoms with Gasteiger partial charge in [0.05, 0.1) is 6.10 Å². The summed E-state index contributed by atoms with van der Waals surface area (Å²) in [5.74, 6) is 4.34. The number of carbonyl (C=O) groups is 1. The summed E-state index contributed by atoms with van der Waals surface area (Å²) in [6, 6.07) is 0. The van der Waals surface area contributed by atoms with Crippen molar-refractivity contribution in [2.45, 2.75) is 78.7 Å². The molecule has 0 saturated heterocycles. The van der Waals surface area contributed by atoms with Crippen molar-refractivity contribution in [3.8, 4) is 0 Å². The second kappa shape index (κ2) is 5.07. The lowest BCUT2D eigenvalue weighted by Gasteiger charge is -2.62. The zero-order valence-corrected chi connectivity index (χ0v) is 15.3. The first-order valence-electron chi connectivity index (χ1n) is 9.98. The molecule has 0 unspecified atom stereocenters. The Hall–Kier alpha value is -0.370. The minimum atomic E-state index is -0.0852. The Morgan fingerprint density at radius 2 is 1.74 bits per heavy atom. The molecule has 0 spiro atoms. The summed E-state index contributed by atoms with van der Waals surface area (Å²) in [6.07, 6.45) is 7.78. The van der Waals surface area contributed by atoms with E-state index in [2.05, 4.69) is 27.7 Å². The van der Waals surface area contributed by atoms with Crippen LogP contribution in [-0.4, -0.2) is 17.0 Å². The van der Waals surface area contributed by atoms with Gasteiger partial charge in [0.25, 0.3) is 0 Å². The fraction of sp³-hybridized carbons (Fsp3) is 0.952. The van der Waals surface area contributed by atoms with Gasteiger partial charge in [0.15, 0.2) is 0 Å². The molecule has 0 bridgehead atoms. The molecule has 0 aliphatic heterocycles. The minimum Gasteiger partial charge on any atom is -0.393 e. The van der Waals surface area contributed by atoms with Gasteiger partial charge in [-0.3, -0.25) is 4.79 Å². The minimum absolute atomic E-state index is 0.0852. The van der Waals surface area contributed by atoms with Crippen LogP contribution in [0.4, 0.5) is 0 Å². The number of fused-ring (bicyclic) bond motifs is 5. The van der Waals surface area contributed by atoms with Crippen LogP contribution in [0.15, 0.2) is 0 Å². The first kappa shape index (κ1) is 16.1. The molecule has 1 N–H and O–H groups in total. The van der Waals surface area contributed by atoms with E-state index in [1.54, 1.807) is 0 Å². The highest BCUT2D eigenvalue weighted by Gasteiger charge is 2.62. The molecular weight excluding hydrogens is 284 g/mol. The molecule has 0 amide bonds.